The molecule has 18 heavy (non-hydrogen) atoms. The van der Waals surface area contributed by atoms with E-state index in [-0.39, 0.29) is 18.0 Å². The average Bonchev–Trinajstić information content (AvgIpc) is 2.27. The zero-order chi connectivity index (χ0) is 13.1. The third-order valence-corrected chi connectivity index (χ3v) is 3.08. The topological polar surface area (TPSA) is 36.3 Å². The molecule has 0 N–H and O–H groups in total. The lowest BCUT2D eigenvalue weighted by Crippen LogP contribution is -2.44. The monoisotopic (exact) mass is 248 g/mol. The summed E-state index contributed by atoms with van der Waals surface area (Å²) in [6.07, 6.45) is 0.348. The summed E-state index contributed by atoms with van der Waals surface area (Å²) >= 11 is 0. The van der Waals surface area contributed by atoms with Crippen LogP contribution in [0.1, 0.15) is 25.0 Å². The number of halogens is 1. The maximum atomic E-state index is 13.2. The highest BCUT2D eigenvalue weighted by Gasteiger charge is 2.22. The molecule has 4 heteroatoms. The maximum absolute atomic E-state index is 13.2. The fourth-order valence-corrected chi connectivity index (χ4v) is 2.46. The minimum absolute atomic E-state index is 0.174. The summed E-state index contributed by atoms with van der Waals surface area (Å²) < 4.78 is 18.9. The van der Waals surface area contributed by atoms with Crippen LogP contribution in [0, 0.1) is 17.1 Å². The van der Waals surface area contributed by atoms with E-state index >= 15 is 0 Å². The van der Waals surface area contributed by atoms with E-state index in [2.05, 4.69) is 11.0 Å². The predicted molar refractivity (Wildman–Crippen MR) is 66.4 cm³/mol. The minimum atomic E-state index is -0.293. The zero-order valence-corrected chi connectivity index (χ0v) is 10.7. The van der Waals surface area contributed by atoms with Crippen LogP contribution < -0.4 is 0 Å². The molecule has 0 radical (unpaired) electrons. The van der Waals surface area contributed by atoms with Gasteiger partial charge in [-0.3, -0.25) is 4.90 Å². The lowest BCUT2D eigenvalue weighted by molar-refractivity contribution is -0.0705. The largest absolute Gasteiger partial charge is 0.373 e. The van der Waals surface area contributed by atoms with Crippen LogP contribution >= 0.6 is 0 Å². The second kappa shape index (κ2) is 5.47. The Morgan fingerprint density at radius 3 is 2.67 bits per heavy atom. The van der Waals surface area contributed by atoms with Crippen LogP contribution in [-0.2, 0) is 11.3 Å². The van der Waals surface area contributed by atoms with Gasteiger partial charge in [-0.1, -0.05) is 0 Å². The van der Waals surface area contributed by atoms with Crippen molar-refractivity contribution >= 4 is 0 Å². The molecule has 0 bridgehead atoms. The Balaban J connectivity index is 2.13. The van der Waals surface area contributed by atoms with Gasteiger partial charge in [0.05, 0.1) is 23.8 Å². The van der Waals surface area contributed by atoms with E-state index in [0.29, 0.717) is 12.1 Å². The van der Waals surface area contributed by atoms with Crippen molar-refractivity contribution in [2.75, 3.05) is 13.1 Å². The van der Waals surface area contributed by atoms with E-state index in [1.54, 1.807) is 0 Å². The normalized spacial score (nSPS) is 24.8. The van der Waals surface area contributed by atoms with Crippen LogP contribution in [-0.4, -0.2) is 30.2 Å². The molecule has 1 aromatic carbocycles. The van der Waals surface area contributed by atoms with E-state index in [0.717, 1.165) is 18.7 Å². The van der Waals surface area contributed by atoms with E-state index in [1.165, 1.54) is 18.2 Å². The smallest absolute Gasteiger partial charge is 0.123 e. The Bertz CT molecular complexity index is 459. The van der Waals surface area contributed by atoms with Crippen molar-refractivity contribution in [2.45, 2.75) is 32.6 Å². The number of hydrogen-bond donors (Lipinski definition) is 0. The van der Waals surface area contributed by atoms with Gasteiger partial charge in [-0.2, -0.15) is 5.26 Å². The van der Waals surface area contributed by atoms with Gasteiger partial charge in [0, 0.05) is 19.6 Å². The molecule has 2 unspecified atom stereocenters. The molecule has 1 fully saturated rings. The summed E-state index contributed by atoms with van der Waals surface area (Å²) in [6, 6.07) is 6.42. The van der Waals surface area contributed by atoms with Crippen LogP contribution in [0.5, 0.6) is 0 Å². The highest BCUT2D eigenvalue weighted by atomic mass is 19.1. The molecular weight excluding hydrogens is 231 g/mol. The Kier molecular flexibility index (Phi) is 3.95. The van der Waals surface area contributed by atoms with E-state index < -0.39 is 0 Å². The number of nitrogens with zero attached hydrogens (tertiary/aromatic N) is 2. The van der Waals surface area contributed by atoms with Crippen molar-refractivity contribution < 1.29 is 9.13 Å². The molecule has 0 aromatic heterocycles. The van der Waals surface area contributed by atoms with Gasteiger partial charge in [0.1, 0.15) is 5.82 Å². The second-order valence-electron chi connectivity index (χ2n) is 4.86. The van der Waals surface area contributed by atoms with Crippen LogP contribution in [0.25, 0.3) is 0 Å². The first-order valence-electron chi connectivity index (χ1n) is 6.15. The molecule has 0 spiro atoms. The first-order valence-corrected chi connectivity index (χ1v) is 6.15. The molecule has 1 heterocycles. The number of morpholine rings is 1. The van der Waals surface area contributed by atoms with Gasteiger partial charge >= 0.3 is 0 Å². The Hall–Kier alpha value is -1.44. The minimum Gasteiger partial charge on any atom is -0.373 e. The summed E-state index contributed by atoms with van der Waals surface area (Å²) in [4.78, 5) is 2.20. The summed E-state index contributed by atoms with van der Waals surface area (Å²) in [6.45, 7) is 6.27. The standard InChI is InChI=1S/C14H17FN2O/c1-10-7-17(8-11(2)18-10)9-13-5-14(15)4-3-12(13)6-16/h3-5,10-11H,7-9H2,1-2H3. The molecule has 2 rings (SSSR count). The molecule has 0 saturated carbocycles. The SMILES string of the molecule is CC1CN(Cc2cc(F)ccc2C#N)CC(C)O1. The number of rotatable bonds is 2. The van der Waals surface area contributed by atoms with Gasteiger partial charge in [-0.25, -0.2) is 4.39 Å². The van der Waals surface area contributed by atoms with Crippen molar-refractivity contribution in [1.29, 1.82) is 5.26 Å². The summed E-state index contributed by atoms with van der Waals surface area (Å²) in [7, 11) is 0. The van der Waals surface area contributed by atoms with Gasteiger partial charge in [-0.15, -0.1) is 0 Å². The average molecular weight is 248 g/mol. The zero-order valence-electron chi connectivity index (χ0n) is 10.7. The summed E-state index contributed by atoms with van der Waals surface area (Å²) in [5.41, 5.74) is 1.29. The number of nitriles is 1. The number of benzene rings is 1. The third-order valence-electron chi connectivity index (χ3n) is 3.08. The Labute approximate surface area is 107 Å². The van der Waals surface area contributed by atoms with Crippen molar-refractivity contribution in [1.82, 2.24) is 4.90 Å². The van der Waals surface area contributed by atoms with Gasteiger partial charge in [0.25, 0.3) is 0 Å². The highest BCUT2D eigenvalue weighted by molar-refractivity contribution is 5.37. The van der Waals surface area contributed by atoms with Crippen LogP contribution in [0.4, 0.5) is 4.39 Å². The number of ether oxygens (including phenoxy) is 1. The molecule has 1 aliphatic heterocycles. The summed E-state index contributed by atoms with van der Waals surface area (Å²) in [5, 5.41) is 9.03. The van der Waals surface area contributed by atoms with Gasteiger partial charge in [0.2, 0.25) is 0 Å². The number of hydrogen-bond acceptors (Lipinski definition) is 3. The van der Waals surface area contributed by atoms with Crippen molar-refractivity contribution in [3.05, 3.63) is 35.1 Å². The van der Waals surface area contributed by atoms with Crippen molar-refractivity contribution in [3.63, 3.8) is 0 Å². The highest BCUT2D eigenvalue weighted by Crippen LogP contribution is 2.17. The molecule has 3 nitrogen and oxygen atoms in total. The Morgan fingerprint density at radius 1 is 1.39 bits per heavy atom. The quantitative estimate of drug-likeness (QED) is 0.805. The first kappa shape index (κ1) is 13.0. The van der Waals surface area contributed by atoms with Gasteiger partial charge < -0.3 is 4.74 Å². The summed E-state index contributed by atoms with van der Waals surface area (Å²) in [5.74, 6) is -0.293. The van der Waals surface area contributed by atoms with Crippen molar-refractivity contribution in [3.8, 4) is 6.07 Å². The molecule has 1 saturated heterocycles. The fraction of sp³-hybridized carbons (Fsp3) is 0.500. The molecule has 0 aliphatic carbocycles. The van der Waals surface area contributed by atoms with Gasteiger partial charge in [0.15, 0.2) is 0 Å². The molecular formula is C14H17FN2O. The Morgan fingerprint density at radius 2 is 2.06 bits per heavy atom. The van der Waals surface area contributed by atoms with Gasteiger partial charge in [-0.05, 0) is 37.6 Å². The fourth-order valence-electron chi connectivity index (χ4n) is 2.46. The van der Waals surface area contributed by atoms with Crippen molar-refractivity contribution in [2.24, 2.45) is 0 Å². The third kappa shape index (κ3) is 3.06. The first-order chi connectivity index (χ1) is 8.58. The molecule has 96 valence electrons. The van der Waals surface area contributed by atoms with E-state index in [1.807, 2.05) is 13.8 Å². The predicted octanol–water partition coefficient (Wildman–Crippen LogP) is 2.31. The lowest BCUT2D eigenvalue weighted by atomic mass is 10.1. The van der Waals surface area contributed by atoms with E-state index in [9.17, 15) is 4.39 Å². The lowest BCUT2D eigenvalue weighted by Gasteiger charge is -2.35. The van der Waals surface area contributed by atoms with Crippen LogP contribution in [0.15, 0.2) is 18.2 Å². The van der Waals surface area contributed by atoms with E-state index in [4.69, 9.17) is 10.00 Å². The molecule has 1 aliphatic rings. The van der Waals surface area contributed by atoms with Crippen LogP contribution in [0.3, 0.4) is 0 Å². The molecule has 0 amide bonds. The molecule has 2 atom stereocenters. The maximum Gasteiger partial charge on any atom is 0.123 e. The van der Waals surface area contributed by atoms with Crippen LogP contribution in [0.2, 0.25) is 0 Å². The second-order valence-corrected chi connectivity index (χ2v) is 4.86. The molecule has 1 aromatic rings.